The van der Waals surface area contributed by atoms with Gasteiger partial charge in [-0.15, -0.1) is 0 Å². The van der Waals surface area contributed by atoms with E-state index in [9.17, 15) is 18.0 Å². The molecule has 4 rings (SSSR count). The van der Waals surface area contributed by atoms with Crippen molar-refractivity contribution in [3.8, 4) is 5.75 Å². The molecule has 1 aliphatic rings. The number of fused-ring (bicyclic) bond motifs is 1. The SMILES string of the molecule is Cc1cccc(NC(=O)N2CCc3onc(COc4cccnc4)c3C2)c1.O=C(O)C(F)(F)F. The Bertz CT molecular complexity index is 1140. The van der Waals surface area contributed by atoms with Crippen molar-refractivity contribution >= 4 is 17.7 Å². The fraction of sp³-hybridized carbons (Fsp3) is 0.273. The van der Waals surface area contributed by atoms with E-state index in [0.29, 0.717) is 31.0 Å². The van der Waals surface area contributed by atoms with E-state index in [-0.39, 0.29) is 12.6 Å². The lowest BCUT2D eigenvalue weighted by Crippen LogP contribution is -2.38. The first-order valence-electron chi connectivity index (χ1n) is 10.1. The number of ether oxygens (including phenoxy) is 1. The molecule has 3 aromatic rings. The average molecular weight is 478 g/mol. The van der Waals surface area contributed by atoms with Crippen LogP contribution in [0.1, 0.15) is 22.6 Å². The van der Waals surface area contributed by atoms with Crippen molar-refractivity contribution in [2.24, 2.45) is 0 Å². The molecular weight excluding hydrogens is 457 g/mol. The van der Waals surface area contributed by atoms with Gasteiger partial charge in [0.05, 0.1) is 12.7 Å². The Hall–Kier alpha value is -4.09. The third kappa shape index (κ3) is 6.70. The smallest absolute Gasteiger partial charge is 0.486 e. The lowest BCUT2D eigenvalue weighted by atomic mass is 10.1. The normalized spacial score (nSPS) is 12.8. The summed E-state index contributed by atoms with van der Waals surface area (Å²) in [5.41, 5.74) is 3.52. The zero-order valence-corrected chi connectivity index (χ0v) is 18.0. The molecule has 0 atom stereocenters. The van der Waals surface area contributed by atoms with Gasteiger partial charge in [0.2, 0.25) is 0 Å². The molecule has 34 heavy (non-hydrogen) atoms. The molecule has 0 aliphatic carbocycles. The second-order valence-corrected chi connectivity index (χ2v) is 7.28. The van der Waals surface area contributed by atoms with Gasteiger partial charge in [-0.2, -0.15) is 13.2 Å². The third-order valence-corrected chi connectivity index (χ3v) is 4.72. The summed E-state index contributed by atoms with van der Waals surface area (Å²) in [6.45, 7) is 3.30. The maximum Gasteiger partial charge on any atom is 0.490 e. The van der Waals surface area contributed by atoms with Gasteiger partial charge in [-0.25, -0.2) is 9.59 Å². The van der Waals surface area contributed by atoms with Crippen molar-refractivity contribution in [1.29, 1.82) is 0 Å². The molecule has 0 spiro atoms. The average Bonchev–Trinajstić information content (AvgIpc) is 3.20. The molecule has 3 heterocycles. The predicted octanol–water partition coefficient (Wildman–Crippen LogP) is 4.18. The molecule has 0 bridgehead atoms. The first-order chi connectivity index (χ1) is 16.1. The highest BCUT2D eigenvalue weighted by atomic mass is 19.4. The van der Waals surface area contributed by atoms with Crippen LogP contribution >= 0.6 is 0 Å². The molecule has 2 amide bonds. The molecule has 9 nitrogen and oxygen atoms in total. The van der Waals surface area contributed by atoms with Crippen LogP contribution in [0.3, 0.4) is 0 Å². The van der Waals surface area contributed by atoms with Crippen molar-refractivity contribution < 1.29 is 37.1 Å². The molecule has 1 aliphatic heterocycles. The molecule has 1 aromatic carbocycles. The lowest BCUT2D eigenvalue weighted by Gasteiger charge is -2.26. The van der Waals surface area contributed by atoms with Crippen molar-refractivity contribution in [2.45, 2.75) is 32.7 Å². The minimum atomic E-state index is -5.08. The second kappa shape index (κ2) is 10.7. The van der Waals surface area contributed by atoms with Crippen LogP contribution in [0.4, 0.5) is 23.7 Å². The number of aliphatic carboxylic acids is 1. The van der Waals surface area contributed by atoms with Crippen LogP contribution in [0.5, 0.6) is 5.75 Å². The predicted molar refractivity (Wildman–Crippen MR) is 113 cm³/mol. The summed E-state index contributed by atoms with van der Waals surface area (Å²) < 4.78 is 42.9. The van der Waals surface area contributed by atoms with Crippen molar-refractivity contribution in [3.63, 3.8) is 0 Å². The van der Waals surface area contributed by atoms with Crippen LogP contribution in [0.25, 0.3) is 0 Å². The zero-order valence-electron chi connectivity index (χ0n) is 18.0. The van der Waals surface area contributed by atoms with Crippen molar-refractivity contribution in [1.82, 2.24) is 15.0 Å². The number of urea groups is 1. The molecule has 0 saturated carbocycles. The van der Waals surface area contributed by atoms with E-state index in [0.717, 1.165) is 22.6 Å². The number of anilines is 1. The number of benzene rings is 1. The Labute approximate surface area is 192 Å². The number of nitrogens with zero attached hydrogens (tertiary/aromatic N) is 3. The van der Waals surface area contributed by atoms with Crippen molar-refractivity contribution in [2.75, 3.05) is 11.9 Å². The minimum absolute atomic E-state index is 0.133. The summed E-state index contributed by atoms with van der Waals surface area (Å²) in [6, 6.07) is 11.3. The highest BCUT2D eigenvalue weighted by molar-refractivity contribution is 5.89. The molecular formula is C22H21F3N4O5. The minimum Gasteiger partial charge on any atom is -0.486 e. The molecule has 2 N–H and O–H groups in total. The number of rotatable bonds is 4. The maximum atomic E-state index is 12.6. The van der Waals surface area contributed by atoms with E-state index in [2.05, 4.69) is 15.5 Å². The van der Waals surface area contributed by atoms with Gasteiger partial charge in [-0.05, 0) is 36.8 Å². The van der Waals surface area contributed by atoms with E-state index in [1.807, 2.05) is 43.3 Å². The van der Waals surface area contributed by atoms with E-state index in [1.165, 1.54) is 0 Å². The first-order valence-corrected chi connectivity index (χ1v) is 10.1. The van der Waals surface area contributed by atoms with E-state index in [4.69, 9.17) is 19.2 Å². The Morgan fingerprint density at radius 3 is 2.68 bits per heavy atom. The molecule has 2 aromatic heterocycles. The van der Waals surface area contributed by atoms with Crippen LogP contribution in [0, 0.1) is 6.92 Å². The Morgan fingerprint density at radius 1 is 1.26 bits per heavy atom. The number of halogens is 3. The van der Waals surface area contributed by atoms with Gasteiger partial charge in [0.25, 0.3) is 0 Å². The fourth-order valence-electron chi connectivity index (χ4n) is 3.06. The van der Waals surface area contributed by atoms with Gasteiger partial charge in [0.15, 0.2) is 0 Å². The topological polar surface area (TPSA) is 118 Å². The molecule has 12 heteroatoms. The number of carbonyl (C=O) groups excluding carboxylic acids is 1. The monoisotopic (exact) mass is 478 g/mol. The first kappa shape index (κ1) is 24.6. The standard InChI is InChI=1S/C20H20N4O3.C2HF3O2/c1-14-4-2-5-15(10-14)22-20(25)24-9-7-19-17(12-24)18(23-27-19)13-26-16-6-3-8-21-11-16;3-2(4,5)1(6)7/h2-6,8,10-11H,7,9,12-13H2,1H3,(H,22,25);(H,6,7). The summed E-state index contributed by atoms with van der Waals surface area (Å²) in [5, 5.41) is 14.2. The number of carbonyl (C=O) groups is 2. The number of alkyl halides is 3. The molecule has 0 radical (unpaired) electrons. The second-order valence-electron chi connectivity index (χ2n) is 7.28. The van der Waals surface area contributed by atoms with Crippen LogP contribution < -0.4 is 10.1 Å². The summed E-state index contributed by atoms with van der Waals surface area (Å²) >= 11 is 0. The zero-order chi connectivity index (χ0) is 24.7. The van der Waals surface area contributed by atoms with Crippen LogP contribution in [-0.4, -0.2) is 44.9 Å². The van der Waals surface area contributed by atoms with Gasteiger partial charge in [0.1, 0.15) is 23.8 Å². The highest BCUT2D eigenvalue weighted by Crippen LogP contribution is 2.24. The number of hydrogen-bond acceptors (Lipinski definition) is 6. The number of aryl methyl sites for hydroxylation is 1. The fourth-order valence-corrected chi connectivity index (χ4v) is 3.06. The number of aromatic nitrogens is 2. The van der Waals surface area contributed by atoms with E-state index < -0.39 is 12.1 Å². The van der Waals surface area contributed by atoms with Crippen LogP contribution in [-0.2, 0) is 24.4 Å². The number of carboxylic acid groups (broad SMARTS) is 1. The summed E-state index contributed by atoms with van der Waals surface area (Å²) in [6.07, 6.45) is -1.11. The number of nitrogens with one attached hydrogen (secondary N) is 1. The number of pyridine rings is 1. The highest BCUT2D eigenvalue weighted by Gasteiger charge is 2.38. The third-order valence-electron chi connectivity index (χ3n) is 4.72. The Morgan fingerprint density at radius 2 is 2.03 bits per heavy atom. The molecule has 0 fully saturated rings. The van der Waals surface area contributed by atoms with Gasteiger partial charge >= 0.3 is 18.2 Å². The summed E-state index contributed by atoms with van der Waals surface area (Å²) in [7, 11) is 0. The largest absolute Gasteiger partial charge is 0.490 e. The van der Waals surface area contributed by atoms with E-state index >= 15 is 0 Å². The Kier molecular flexibility index (Phi) is 7.71. The van der Waals surface area contributed by atoms with Gasteiger partial charge < -0.3 is 24.6 Å². The maximum absolute atomic E-state index is 12.6. The van der Waals surface area contributed by atoms with E-state index in [1.54, 1.807) is 17.3 Å². The molecule has 180 valence electrons. The number of hydrogen-bond donors (Lipinski definition) is 2. The summed E-state index contributed by atoms with van der Waals surface area (Å²) in [4.78, 5) is 27.3. The molecule has 0 saturated heterocycles. The number of carboxylic acids is 1. The van der Waals surface area contributed by atoms with Gasteiger partial charge in [-0.1, -0.05) is 17.3 Å². The summed E-state index contributed by atoms with van der Waals surface area (Å²) in [5.74, 6) is -1.27. The lowest BCUT2D eigenvalue weighted by molar-refractivity contribution is -0.192. The Balaban J connectivity index is 0.000000406. The van der Waals surface area contributed by atoms with Crippen LogP contribution in [0.2, 0.25) is 0 Å². The van der Waals surface area contributed by atoms with Gasteiger partial charge in [-0.3, -0.25) is 4.98 Å². The quantitative estimate of drug-likeness (QED) is 0.578. The van der Waals surface area contributed by atoms with Crippen LogP contribution in [0.15, 0.2) is 53.3 Å². The van der Waals surface area contributed by atoms with Gasteiger partial charge in [0, 0.05) is 30.4 Å². The number of amides is 2. The molecule has 0 unspecified atom stereocenters. The van der Waals surface area contributed by atoms with Crippen molar-refractivity contribution in [3.05, 3.63) is 71.4 Å².